The maximum atomic E-state index is 13.4. The van der Waals surface area contributed by atoms with Crippen molar-refractivity contribution >= 4 is 0 Å². The number of nitrogens with one attached hydrogen (secondary N) is 1. The van der Waals surface area contributed by atoms with E-state index in [2.05, 4.69) is 33.2 Å². The summed E-state index contributed by atoms with van der Waals surface area (Å²) in [5.74, 6) is 0.131. The highest BCUT2D eigenvalue weighted by atomic mass is 19.1. The highest BCUT2D eigenvalue weighted by Crippen LogP contribution is 2.34. The lowest BCUT2D eigenvalue weighted by atomic mass is 9.93. The van der Waals surface area contributed by atoms with Crippen LogP contribution in [0.25, 0.3) is 22.4 Å². The first kappa shape index (κ1) is 18.0. The Bertz CT molecular complexity index is 1030. The third-order valence-corrected chi connectivity index (χ3v) is 5.01. The molecule has 28 heavy (non-hydrogen) atoms. The molecule has 0 bridgehead atoms. The molecule has 3 heterocycles. The van der Waals surface area contributed by atoms with Crippen LogP contribution in [0.15, 0.2) is 73.3 Å². The smallest absolute Gasteiger partial charge is 0.123 e. The molecule has 0 saturated carbocycles. The molecule has 3 aromatic heterocycles. The Hall–Kier alpha value is -3.34. The van der Waals surface area contributed by atoms with Crippen molar-refractivity contribution in [2.24, 2.45) is 0 Å². The Balaban J connectivity index is 1.66. The van der Waals surface area contributed by atoms with E-state index >= 15 is 0 Å². The van der Waals surface area contributed by atoms with E-state index in [-0.39, 0.29) is 5.82 Å². The van der Waals surface area contributed by atoms with Gasteiger partial charge in [-0.1, -0.05) is 13.0 Å². The molecule has 0 fully saturated rings. The van der Waals surface area contributed by atoms with Gasteiger partial charge in [0.05, 0.1) is 0 Å². The van der Waals surface area contributed by atoms with E-state index in [1.54, 1.807) is 30.7 Å². The molecular formula is C23H21FN4. The minimum absolute atomic E-state index is 0.254. The summed E-state index contributed by atoms with van der Waals surface area (Å²) in [4.78, 5) is 8.34. The highest BCUT2D eigenvalue weighted by Gasteiger charge is 2.18. The van der Waals surface area contributed by atoms with Gasteiger partial charge in [-0.25, -0.2) is 4.39 Å². The molecular weight excluding hydrogens is 351 g/mol. The summed E-state index contributed by atoms with van der Waals surface area (Å²) in [7, 11) is 0. The summed E-state index contributed by atoms with van der Waals surface area (Å²) in [6.07, 6.45) is 9.08. The van der Waals surface area contributed by atoms with Crippen LogP contribution in [-0.4, -0.2) is 20.2 Å². The quantitative estimate of drug-likeness (QED) is 0.492. The van der Waals surface area contributed by atoms with E-state index in [0.29, 0.717) is 5.92 Å². The van der Waals surface area contributed by atoms with E-state index in [0.717, 1.165) is 40.9 Å². The Morgan fingerprint density at radius 3 is 2.43 bits per heavy atom. The number of aryl methyl sites for hydroxylation is 1. The third kappa shape index (κ3) is 3.83. The zero-order valence-electron chi connectivity index (χ0n) is 15.6. The fraction of sp³-hybridized carbons (Fsp3) is 0.174. The maximum absolute atomic E-state index is 13.4. The topological polar surface area (TPSA) is 54.5 Å². The van der Waals surface area contributed by atoms with Crippen molar-refractivity contribution in [3.63, 3.8) is 0 Å². The minimum atomic E-state index is -0.254. The van der Waals surface area contributed by atoms with E-state index in [4.69, 9.17) is 0 Å². The molecule has 0 aliphatic heterocycles. The third-order valence-electron chi connectivity index (χ3n) is 5.01. The molecule has 1 atom stereocenters. The van der Waals surface area contributed by atoms with Crippen molar-refractivity contribution in [2.75, 3.05) is 0 Å². The molecule has 140 valence electrons. The van der Waals surface area contributed by atoms with E-state index in [1.807, 2.05) is 24.4 Å². The Labute approximate surface area is 163 Å². The molecule has 4 rings (SSSR count). The van der Waals surface area contributed by atoms with Crippen molar-refractivity contribution in [2.45, 2.75) is 25.7 Å². The average molecular weight is 372 g/mol. The van der Waals surface area contributed by atoms with Crippen LogP contribution < -0.4 is 0 Å². The Morgan fingerprint density at radius 2 is 1.71 bits per heavy atom. The molecule has 1 N–H and O–H groups in total. The van der Waals surface area contributed by atoms with Crippen LogP contribution in [0.2, 0.25) is 0 Å². The number of benzene rings is 1. The van der Waals surface area contributed by atoms with Crippen molar-refractivity contribution < 1.29 is 4.39 Å². The average Bonchev–Trinajstić information content (AvgIpc) is 3.17. The second-order valence-electron chi connectivity index (χ2n) is 6.89. The summed E-state index contributed by atoms with van der Waals surface area (Å²) in [6, 6.07) is 14.5. The van der Waals surface area contributed by atoms with Crippen LogP contribution >= 0.6 is 0 Å². The fourth-order valence-corrected chi connectivity index (χ4v) is 3.40. The maximum Gasteiger partial charge on any atom is 0.123 e. The first-order valence-corrected chi connectivity index (χ1v) is 9.36. The van der Waals surface area contributed by atoms with E-state index < -0.39 is 0 Å². The molecule has 5 heteroatoms. The number of hydrogen-bond acceptors (Lipinski definition) is 3. The molecule has 4 nitrogen and oxygen atoms in total. The van der Waals surface area contributed by atoms with Gasteiger partial charge in [-0.2, -0.15) is 5.10 Å². The van der Waals surface area contributed by atoms with Gasteiger partial charge in [0, 0.05) is 41.6 Å². The Morgan fingerprint density at radius 1 is 0.929 bits per heavy atom. The van der Waals surface area contributed by atoms with Gasteiger partial charge in [0.1, 0.15) is 11.5 Å². The van der Waals surface area contributed by atoms with Crippen LogP contribution in [0.1, 0.15) is 30.5 Å². The molecule has 0 spiro atoms. The summed E-state index contributed by atoms with van der Waals surface area (Å²) >= 11 is 0. The Kier molecular flexibility index (Phi) is 5.24. The SMILES string of the molecule is CC(CCc1[nH]nc(-c2ccc(F)cc2)c1-c1ccncc1)c1cccnc1. The number of halogens is 1. The van der Waals surface area contributed by atoms with Gasteiger partial charge in [0.2, 0.25) is 0 Å². The van der Waals surface area contributed by atoms with Crippen molar-refractivity contribution in [1.29, 1.82) is 0 Å². The second kappa shape index (κ2) is 8.13. The van der Waals surface area contributed by atoms with Crippen molar-refractivity contribution in [3.8, 4) is 22.4 Å². The van der Waals surface area contributed by atoms with Crippen LogP contribution in [0.4, 0.5) is 4.39 Å². The van der Waals surface area contributed by atoms with Gasteiger partial charge in [0.15, 0.2) is 0 Å². The molecule has 0 aliphatic carbocycles. The first-order chi connectivity index (χ1) is 13.7. The van der Waals surface area contributed by atoms with Gasteiger partial charge in [0.25, 0.3) is 0 Å². The van der Waals surface area contributed by atoms with Gasteiger partial charge in [-0.05, 0) is 72.4 Å². The summed E-state index contributed by atoms with van der Waals surface area (Å²) in [5, 5.41) is 7.78. The lowest BCUT2D eigenvalue weighted by Crippen LogP contribution is -1.98. The first-order valence-electron chi connectivity index (χ1n) is 9.36. The molecule has 0 amide bonds. The number of rotatable bonds is 6. The normalized spacial score (nSPS) is 12.1. The number of aromatic nitrogens is 4. The summed E-state index contributed by atoms with van der Waals surface area (Å²) < 4.78 is 13.4. The van der Waals surface area contributed by atoms with Gasteiger partial charge >= 0.3 is 0 Å². The number of pyridine rings is 2. The number of nitrogens with zero attached hydrogens (tertiary/aromatic N) is 3. The second-order valence-corrected chi connectivity index (χ2v) is 6.89. The van der Waals surface area contributed by atoms with Crippen LogP contribution in [-0.2, 0) is 6.42 Å². The molecule has 0 saturated heterocycles. The van der Waals surface area contributed by atoms with E-state index in [9.17, 15) is 4.39 Å². The predicted molar refractivity (Wildman–Crippen MR) is 108 cm³/mol. The summed E-state index contributed by atoms with van der Waals surface area (Å²) in [6.45, 7) is 2.21. The zero-order valence-corrected chi connectivity index (χ0v) is 15.6. The largest absolute Gasteiger partial charge is 0.281 e. The number of H-pyrrole nitrogens is 1. The highest BCUT2D eigenvalue weighted by molar-refractivity contribution is 5.82. The lowest BCUT2D eigenvalue weighted by molar-refractivity contribution is 0.628. The molecule has 0 radical (unpaired) electrons. The number of hydrogen-bond donors (Lipinski definition) is 1. The van der Waals surface area contributed by atoms with Crippen molar-refractivity contribution in [3.05, 3.63) is 90.4 Å². The van der Waals surface area contributed by atoms with E-state index in [1.165, 1.54) is 17.7 Å². The van der Waals surface area contributed by atoms with Crippen molar-refractivity contribution in [1.82, 2.24) is 20.2 Å². The molecule has 0 aliphatic rings. The standard InChI is InChI=1S/C23H21FN4/c1-16(19-3-2-12-26-15-19)4-9-21-22(17-10-13-25-14-11-17)23(28-27-21)18-5-7-20(24)8-6-18/h2-3,5-8,10-16H,4,9H2,1H3,(H,27,28). The van der Waals surface area contributed by atoms with Gasteiger partial charge in [-0.3, -0.25) is 15.1 Å². The minimum Gasteiger partial charge on any atom is -0.281 e. The number of aromatic amines is 1. The van der Waals surface area contributed by atoms with Gasteiger partial charge < -0.3 is 0 Å². The monoisotopic (exact) mass is 372 g/mol. The fourth-order valence-electron chi connectivity index (χ4n) is 3.40. The van der Waals surface area contributed by atoms with Crippen LogP contribution in [0, 0.1) is 5.82 Å². The van der Waals surface area contributed by atoms with Crippen LogP contribution in [0.3, 0.4) is 0 Å². The van der Waals surface area contributed by atoms with Crippen LogP contribution in [0.5, 0.6) is 0 Å². The molecule has 1 aromatic carbocycles. The zero-order chi connectivity index (χ0) is 19.3. The molecule has 1 unspecified atom stereocenters. The lowest BCUT2D eigenvalue weighted by Gasteiger charge is -2.12. The predicted octanol–water partition coefficient (Wildman–Crippen LogP) is 5.41. The van der Waals surface area contributed by atoms with Gasteiger partial charge in [-0.15, -0.1) is 0 Å². The summed E-state index contributed by atoms with van der Waals surface area (Å²) in [5.41, 5.74) is 6.11. The molecule has 4 aromatic rings.